The van der Waals surface area contributed by atoms with Crippen molar-refractivity contribution in [3.63, 3.8) is 0 Å². The third-order valence-corrected chi connectivity index (χ3v) is 3.50. The van der Waals surface area contributed by atoms with Crippen molar-refractivity contribution >= 4 is 32.2 Å². The Bertz CT molecular complexity index is 802. The molecule has 3 aromatic rings. The van der Waals surface area contributed by atoms with E-state index in [1.807, 2.05) is 36.4 Å². The van der Waals surface area contributed by atoms with Crippen molar-refractivity contribution in [2.75, 3.05) is 6.61 Å². The van der Waals surface area contributed by atoms with Gasteiger partial charge in [-0.3, -0.25) is 0 Å². The van der Waals surface area contributed by atoms with E-state index in [2.05, 4.69) is 38.8 Å². The van der Waals surface area contributed by atoms with Gasteiger partial charge in [-0.15, -0.1) is 0 Å². The molecular formula is C16H11AsN2O. The predicted octanol–water partition coefficient (Wildman–Crippen LogP) is 2.04. The molecule has 0 aliphatic rings. The molecule has 1 heterocycles. The average Bonchev–Trinajstić information content (AvgIpc) is 2.88. The molecule has 0 aliphatic heterocycles. The van der Waals surface area contributed by atoms with Crippen LogP contribution in [0.2, 0.25) is 0 Å². The van der Waals surface area contributed by atoms with E-state index in [0.29, 0.717) is 0 Å². The van der Waals surface area contributed by atoms with Crippen LogP contribution < -0.4 is 9.09 Å². The van der Waals surface area contributed by atoms with Gasteiger partial charge >= 0.3 is 125 Å². The van der Waals surface area contributed by atoms with Crippen LogP contribution in [-0.4, -0.2) is 33.4 Å². The van der Waals surface area contributed by atoms with Gasteiger partial charge in [-0.2, -0.15) is 0 Å². The number of hydrogen-bond donors (Lipinski definition) is 1. The summed E-state index contributed by atoms with van der Waals surface area (Å²) in [5.41, 5.74) is 2.84. The van der Waals surface area contributed by atoms with Crippen molar-refractivity contribution in [3.05, 3.63) is 42.5 Å². The summed E-state index contributed by atoms with van der Waals surface area (Å²) in [6.45, 7) is 0.244. The topological polar surface area (TPSA) is 37.9 Å². The van der Waals surface area contributed by atoms with Crippen LogP contribution in [0.4, 0.5) is 0 Å². The number of H-pyrrole nitrogens is 1. The molecule has 3 rings (SSSR count). The Balaban J connectivity index is 2.08. The van der Waals surface area contributed by atoms with Crippen LogP contribution >= 0.6 is 0 Å². The molecule has 0 saturated heterocycles. The number of aromatic nitrogens is 2. The first-order valence-corrected chi connectivity index (χ1v) is 7.06. The van der Waals surface area contributed by atoms with Crippen LogP contribution in [0.5, 0.6) is 5.75 Å². The zero-order valence-electron chi connectivity index (χ0n) is 10.6. The van der Waals surface area contributed by atoms with Crippen LogP contribution in [-0.2, 0) is 0 Å². The summed E-state index contributed by atoms with van der Waals surface area (Å²) in [6.07, 6.45) is 5.24. The third kappa shape index (κ3) is 2.43. The van der Waals surface area contributed by atoms with E-state index in [9.17, 15) is 0 Å². The number of benzene rings is 2. The Labute approximate surface area is 125 Å². The van der Waals surface area contributed by atoms with Crippen molar-refractivity contribution < 1.29 is 4.74 Å². The van der Waals surface area contributed by atoms with E-state index >= 15 is 0 Å². The van der Waals surface area contributed by atoms with Crippen molar-refractivity contribution in [2.45, 2.75) is 0 Å². The molecule has 0 bridgehead atoms. The second kappa shape index (κ2) is 5.44. The summed E-state index contributed by atoms with van der Waals surface area (Å²) in [5, 5.41) is 0. The fraction of sp³-hybridized carbons (Fsp3) is 0.0625. The molecule has 0 aliphatic carbocycles. The molecule has 96 valence electrons. The molecule has 20 heavy (non-hydrogen) atoms. The van der Waals surface area contributed by atoms with Gasteiger partial charge in [0.2, 0.25) is 0 Å². The first-order valence-electron chi connectivity index (χ1n) is 6.12. The summed E-state index contributed by atoms with van der Waals surface area (Å²) in [6, 6.07) is 13.8. The standard InChI is InChI=1S/C16H11AsN2O/c1-2-9-20-15-6-4-3-5-12(15)16-18-13-8-7-11(17)10-14(13)19-16/h1,3-8,10H,9H2,(H,18,19). The van der Waals surface area contributed by atoms with Crippen LogP contribution in [0, 0.1) is 12.3 Å². The predicted molar refractivity (Wildman–Crippen MR) is 81.2 cm³/mol. The normalized spacial score (nSPS) is 10.4. The fourth-order valence-electron chi connectivity index (χ4n) is 2.03. The zero-order valence-corrected chi connectivity index (χ0v) is 12.5. The van der Waals surface area contributed by atoms with Crippen molar-refractivity contribution in [1.82, 2.24) is 9.97 Å². The Morgan fingerprint density at radius 3 is 2.95 bits per heavy atom. The number of aromatic amines is 1. The molecule has 0 atom stereocenters. The molecule has 0 fully saturated rings. The molecule has 0 amide bonds. The van der Waals surface area contributed by atoms with E-state index in [1.165, 1.54) is 0 Å². The van der Waals surface area contributed by atoms with Crippen molar-refractivity contribution in [3.8, 4) is 29.5 Å². The van der Waals surface area contributed by atoms with E-state index in [-0.39, 0.29) is 6.61 Å². The number of rotatable bonds is 3. The van der Waals surface area contributed by atoms with E-state index in [4.69, 9.17) is 11.2 Å². The molecular weight excluding hydrogens is 311 g/mol. The second-order valence-corrected chi connectivity index (χ2v) is 5.36. The monoisotopic (exact) mass is 322 g/mol. The molecule has 2 radical (unpaired) electrons. The Hall–Kier alpha value is -2.17. The number of terminal acetylenes is 1. The summed E-state index contributed by atoms with van der Waals surface area (Å²) >= 11 is 2.52. The first kappa shape index (κ1) is 12.8. The summed E-state index contributed by atoms with van der Waals surface area (Å²) < 4.78 is 6.70. The van der Waals surface area contributed by atoms with Gasteiger partial charge in [-0.05, 0) is 0 Å². The van der Waals surface area contributed by atoms with Crippen LogP contribution in [0.1, 0.15) is 0 Å². The van der Waals surface area contributed by atoms with Crippen molar-refractivity contribution in [2.24, 2.45) is 0 Å². The molecule has 0 spiro atoms. The molecule has 1 aromatic heterocycles. The van der Waals surface area contributed by atoms with E-state index < -0.39 is 0 Å². The van der Waals surface area contributed by atoms with E-state index in [0.717, 1.165) is 32.5 Å². The van der Waals surface area contributed by atoms with Crippen LogP contribution in [0.3, 0.4) is 0 Å². The number of ether oxygens (including phenoxy) is 1. The van der Waals surface area contributed by atoms with Gasteiger partial charge in [0.05, 0.1) is 0 Å². The number of fused-ring (bicyclic) bond motifs is 1. The molecule has 0 saturated carbocycles. The number of imidazole rings is 1. The maximum absolute atomic E-state index is 5.56. The van der Waals surface area contributed by atoms with Crippen LogP contribution in [0.15, 0.2) is 42.5 Å². The number of nitrogens with one attached hydrogen (secondary N) is 1. The molecule has 4 heteroatoms. The molecule has 3 nitrogen and oxygen atoms in total. The van der Waals surface area contributed by atoms with Gasteiger partial charge in [-0.1, -0.05) is 0 Å². The van der Waals surface area contributed by atoms with Gasteiger partial charge in [0.15, 0.2) is 0 Å². The summed E-state index contributed by atoms with van der Waals surface area (Å²) in [4.78, 5) is 7.92. The Kier molecular flexibility index (Phi) is 3.50. The fourth-order valence-corrected chi connectivity index (χ4v) is 2.46. The van der Waals surface area contributed by atoms with Gasteiger partial charge in [0, 0.05) is 0 Å². The zero-order chi connectivity index (χ0) is 13.9. The number of hydrogen-bond acceptors (Lipinski definition) is 2. The molecule has 0 unspecified atom stereocenters. The van der Waals surface area contributed by atoms with E-state index in [1.54, 1.807) is 0 Å². The van der Waals surface area contributed by atoms with Gasteiger partial charge < -0.3 is 0 Å². The summed E-state index contributed by atoms with van der Waals surface area (Å²) in [5.74, 6) is 3.99. The van der Waals surface area contributed by atoms with Gasteiger partial charge in [0.1, 0.15) is 0 Å². The maximum atomic E-state index is 5.56. The SMILES string of the molecule is C#CCOc1ccccc1-c1nc2ccc([As])cc2[nH]1. The van der Waals surface area contributed by atoms with Crippen LogP contribution in [0.25, 0.3) is 22.4 Å². The third-order valence-electron chi connectivity index (χ3n) is 2.92. The van der Waals surface area contributed by atoms with Crippen molar-refractivity contribution in [1.29, 1.82) is 0 Å². The average molecular weight is 322 g/mol. The first-order chi connectivity index (χ1) is 9.78. The minimum absolute atomic E-state index is 0.244. The van der Waals surface area contributed by atoms with Gasteiger partial charge in [-0.25, -0.2) is 0 Å². The second-order valence-electron chi connectivity index (χ2n) is 4.28. The summed E-state index contributed by atoms with van der Waals surface area (Å²) in [7, 11) is 0. The van der Waals surface area contributed by atoms with Gasteiger partial charge in [0.25, 0.3) is 0 Å². The Morgan fingerprint density at radius 1 is 1.25 bits per heavy atom. The number of para-hydroxylation sites is 1. The quantitative estimate of drug-likeness (QED) is 0.592. The molecule has 2 aromatic carbocycles. The Morgan fingerprint density at radius 2 is 2.10 bits per heavy atom. The number of nitrogens with zero attached hydrogens (tertiary/aromatic N) is 1. The minimum atomic E-state index is 0.244. The molecule has 1 N–H and O–H groups in total.